The number of aliphatic imine (C=N–C) groups is 1. The van der Waals surface area contributed by atoms with E-state index in [9.17, 15) is 18.0 Å². The molecule has 1 N–H and O–H groups in total. The van der Waals surface area contributed by atoms with Gasteiger partial charge in [0.15, 0.2) is 17.3 Å². The highest BCUT2D eigenvalue weighted by Gasteiger charge is 2.39. The summed E-state index contributed by atoms with van der Waals surface area (Å²) in [5, 5.41) is 15.3. The van der Waals surface area contributed by atoms with Crippen LogP contribution in [0.4, 0.5) is 0 Å². The molecule has 13 heteroatoms. The van der Waals surface area contributed by atoms with Crippen molar-refractivity contribution >= 4 is 66.3 Å². The lowest BCUT2D eigenvalue weighted by Gasteiger charge is -2.20. The molecule has 3 heterocycles. The number of esters is 1. The molecule has 1 amide bonds. The molecule has 2 aliphatic heterocycles. The van der Waals surface area contributed by atoms with E-state index in [2.05, 4.69) is 10.1 Å². The number of nitrogens with one attached hydrogen (secondary N) is 1. The van der Waals surface area contributed by atoms with Gasteiger partial charge in [0.2, 0.25) is 19.4 Å². The van der Waals surface area contributed by atoms with E-state index in [1.54, 1.807) is 43.5 Å². The Kier molecular flexibility index (Phi) is 6.92. The number of carbonyl (C=O) groups is 2. The van der Waals surface area contributed by atoms with E-state index in [0.29, 0.717) is 10.4 Å². The van der Waals surface area contributed by atoms with Gasteiger partial charge in [-0.1, -0.05) is 26.0 Å². The molecule has 0 atom stereocenters. The average molecular weight is 533 g/mol. The number of hydrogen-bond donors (Lipinski definition) is 1. The maximum atomic E-state index is 12.6. The van der Waals surface area contributed by atoms with Gasteiger partial charge < -0.3 is 9.47 Å². The third-order valence-electron chi connectivity index (χ3n) is 4.68. The SMILES string of the molecule is COc1cc(/C=C2\C(=N)N3N=C(S(=O)(=O)CC(C)C)SC3=NC2=O)ccc1OC(=O)c1cccs1. The van der Waals surface area contributed by atoms with Crippen LogP contribution < -0.4 is 9.47 Å². The van der Waals surface area contributed by atoms with E-state index in [4.69, 9.17) is 14.9 Å². The number of sulfone groups is 1. The lowest BCUT2D eigenvalue weighted by molar-refractivity contribution is -0.114. The van der Waals surface area contributed by atoms with Gasteiger partial charge in [0.1, 0.15) is 4.88 Å². The van der Waals surface area contributed by atoms with E-state index in [-0.39, 0.29) is 44.1 Å². The molecule has 4 rings (SSSR count). The van der Waals surface area contributed by atoms with Crippen LogP contribution in [-0.4, -0.2) is 53.5 Å². The van der Waals surface area contributed by atoms with E-state index in [1.807, 2.05) is 0 Å². The molecule has 0 saturated carbocycles. The number of hydrazone groups is 1. The van der Waals surface area contributed by atoms with Gasteiger partial charge in [0, 0.05) is 0 Å². The zero-order valence-electron chi connectivity index (χ0n) is 18.8. The van der Waals surface area contributed by atoms with E-state index in [0.717, 1.165) is 16.8 Å². The monoisotopic (exact) mass is 532 g/mol. The van der Waals surface area contributed by atoms with Crippen molar-refractivity contribution in [3.05, 3.63) is 51.7 Å². The van der Waals surface area contributed by atoms with E-state index in [1.165, 1.54) is 30.6 Å². The standard InChI is InChI=1S/C22H20N4O6S3/c1-12(2)11-35(29,30)22-25-26-18(23)14(19(27)24-21(26)34-22)9-13-6-7-15(16(10-13)31-3)32-20(28)17-5-4-8-33-17/h4-10,12,23H,11H2,1-3H3/b14-9+,23-18?. The third-order valence-corrected chi connectivity index (χ3v) is 8.96. The number of thioether (sulfide) groups is 1. The number of nitrogens with zero attached hydrogens (tertiary/aromatic N) is 3. The highest BCUT2D eigenvalue weighted by Crippen LogP contribution is 2.33. The summed E-state index contributed by atoms with van der Waals surface area (Å²) >= 11 is 2.00. The molecule has 35 heavy (non-hydrogen) atoms. The summed E-state index contributed by atoms with van der Waals surface area (Å²) in [7, 11) is -2.26. The molecule has 1 aromatic heterocycles. The number of amides is 1. The summed E-state index contributed by atoms with van der Waals surface area (Å²) in [6.07, 6.45) is 1.42. The van der Waals surface area contributed by atoms with Crippen LogP contribution in [-0.2, 0) is 14.6 Å². The Balaban J connectivity index is 1.60. The minimum atomic E-state index is -3.67. The zero-order valence-corrected chi connectivity index (χ0v) is 21.3. The van der Waals surface area contributed by atoms with E-state index >= 15 is 0 Å². The van der Waals surface area contributed by atoms with Crippen LogP contribution in [0.1, 0.15) is 29.1 Å². The zero-order chi connectivity index (χ0) is 25.3. The summed E-state index contributed by atoms with van der Waals surface area (Å²) in [5.74, 6) is -1.29. The van der Waals surface area contributed by atoms with Gasteiger partial charge in [-0.15, -0.1) is 16.4 Å². The Labute approximate surface area is 209 Å². The van der Waals surface area contributed by atoms with Crippen LogP contribution >= 0.6 is 23.1 Å². The maximum absolute atomic E-state index is 12.6. The maximum Gasteiger partial charge on any atom is 0.353 e. The second kappa shape index (κ2) is 9.76. The van der Waals surface area contributed by atoms with Crippen LogP contribution in [0.5, 0.6) is 11.5 Å². The van der Waals surface area contributed by atoms with Crippen LogP contribution in [0.3, 0.4) is 0 Å². The van der Waals surface area contributed by atoms with E-state index < -0.39 is 21.7 Å². The third kappa shape index (κ3) is 5.21. The van der Waals surface area contributed by atoms with Crippen LogP contribution in [0, 0.1) is 11.3 Å². The number of thiophene rings is 1. The van der Waals surface area contributed by atoms with Crippen molar-refractivity contribution < 1.29 is 27.5 Å². The average Bonchev–Trinajstić information content (AvgIpc) is 3.47. The first kappa shape index (κ1) is 24.8. The molecule has 0 saturated heterocycles. The van der Waals surface area contributed by atoms with Crippen LogP contribution in [0.2, 0.25) is 0 Å². The Morgan fingerprint density at radius 1 is 1.26 bits per heavy atom. The largest absolute Gasteiger partial charge is 0.493 e. The number of hydrogen-bond acceptors (Lipinski definition) is 10. The molecule has 2 aromatic rings. The molecule has 0 radical (unpaired) electrons. The Hall–Kier alpha value is -3.29. The lowest BCUT2D eigenvalue weighted by atomic mass is 10.1. The molecule has 1 aromatic carbocycles. The first-order valence-corrected chi connectivity index (χ1v) is 13.6. The fourth-order valence-corrected chi connectivity index (χ4v) is 6.57. The summed E-state index contributed by atoms with van der Waals surface area (Å²) in [5.41, 5.74) is 0.402. The topological polar surface area (TPSA) is 139 Å². The predicted octanol–water partition coefficient (Wildman–Crippen LogP) is 3.62. The number of ether oxygens (including phenoxy) is 2. The van der Waals surface area contributed by atoms with Gasteiger partial charge in [0.05, 0.1) is 18.4 Å². The van der Waals surface area contributed by atoms with Crippen molar-refractivity contribution in [2.24, 2.45) is 16.0 Å². The van der Waals surface area contributed by atoms with Crippen LogP contribution in [0.25, 0.3) is 6.08 Å². The smallest absolute Gasteiger partial charge is 0.353 e. The molecule has 0 spiro atoms. The molecule has 182 valence electrons. The molecule has 2 aliphatic rings. The second-order valence-corrected chi connectivity index (χ2v) is 11.9. The van der Waals surface area contributed by atoms with Gasteiger partial charge in [-0.3, -0.25) is 10.2 Å². The van der Waals surface area contributed by atoms with Crippen LogP contribution in [0.15, 0.2) is 51.4 Å². The number of fused-ring (bicyclic) bond motifs is 1. The van der Waals surface area contributed by atoms with Gasteiger partial charge in [0.25, 0.3) is 5.91 Å². The lowest BCUT2D eigenvalue weighted by Crippen LogP contribution is -2.35. The fourth-order valence-electron chi connectivity index (χ4n) is 3.18. The molecule has 0 unspecified atom stereocenters. The van der Waals surface area contributed by atoms with Crippen molar-refractivity contribution in [3.8, 4) is 11.5 Å². The minimum absolute atomic E-state index is 0.0212. The summed E-state index contributed by atoms with van der Waals surface area (Å²) in [6.45, 7) is 3.55. The summed E-state index contributed by atoms with van der Waals surface area (Å²) < 4.78 is 35.6. The van der Waals surface area contributed by atoms with Crippen molar-refractivity contribution in [1.82, 2.24) is 5.01 Å². The number of methoxy groups -OCH3 is 1. The first-order chi connectivity index (χ1) is 16.6. The quantitative estimate of drug-likeness (QED) is 0.338. The Bertz CT molecular complexity index is 1410. The van der Waals surface area contributed by atoms with Crippen molar-refractivity contribution in [2.45, 2.75) is 13.8 Å². The summed E-state index contributed by atoms with van der Waals surface area (Å²) in [4.78, 5) is 29.3. The number of amidine groups is 2. The molecule has 0 aliphatic carbocycles. The van der Waals surface area contributed by atoms with Crippen molar-refractivity contribution in [1.29, 1.82) is 5.41 Å². The van der Waals surface area contributed by atoms with Gasteiger partial charge in [-0.25, -0.2) is 13.2 Å². The fraction of sp³-hybridized carbons (Fsp3) is 0.227. The molecular weight excluding hydrogens is 512 g/mol. The van der Waals surface area contributed by atoms with Crippen molar-refractivity contribution in [2.75, 3.05) is 12.9 Å². The molecular formula is C22H20N4O6S3. The molecule has 0 fully saturated rings. The van der Waals surface area contributed by atoms with Gasteiger partial charge in [-0.05, 0) is 52.9 Å². The van der Waals surface area contributed by atoms with Crippen molar-refractivity contribution in [3.63, 3.8) is 0 Å². The van der Waals surface area contributed by atoms with Gasteiger partial charge >= 0.3 is 5.97 Å². The highest BCUT2D eigenvalue weighted by molar-refractivity contribution is 8.42. The minimum Gasteiger partial charge on any atom is -0.493 e. The number of rotatable bonds is 6. The number of carbonyl (C=O) groups excluding carboxylic acids is 2. The molecule has 10 nitrogen and oxygen atoms in total. The molecule has 0 bridgehead atoms. The Morgan fingerprint density at radius 3 is 2.69 bits per heavy atom. The summed E-state index contributed by atoms with van der Waals surface area (Å²) in [6, 6.07) is 8.04. The first-order valence-electron chi connectivity index (χ1n) is 10.3. The highest BCUT2D eigenvalue weighted by atomic mass is 32.3. The second-order valence-electron chi connectivity index (χ2n) is 7.84. The normalized spacial score (nSPS) is 16.9. The predicted molar refractivity (Wildman–Crippen MR) is 136 cm³/mol. The number of benzene rings is 1. The Morgan fingerprint density at radius 2 is 2.03 bits per heavy atom. The van der Waals surface area contributed by atoms with Gasteiger partial charge in [-0.2, -0.15) is 10.0 Å².